The lowest BCUT2D eigenvalue weighted by Crippen LogP contribution is -2.06. The second-order valence-corrected chi connectivity index (χ2v) is 8.16. The van der Waals surface area contributed by atoms with E-state index in [-0.39, 0.29) is 6.61 Å². The van der Waals surface area contributed by atoms with Crippen LogP contribution in [0.25, 0.3) is 10.9 Å². The molecular formula is C23H17BrClFN2O3. The summed E-state index contributed by atoms with van der Waals surface area (Å²) >= 11 is 9.30. The second kappa shape index (κ2) is 9.08. The largest absolute Gasteiger partial charge is 0.488 e. The molecule has 0 aliphatic rings. The van der Waals surface area contributed by atoms with E-state index in [4.69, 9.17) is 21.1 Å². The zero-order valence-electron chi connectivity index (χ0n) is 16.4. The minimum absolute atomic E-state index is 0.0595. The number of benzene rings is 3. The molecule has 0 aliphatic carbocycles. The third-order valence-corrected chi connectivity index (χ3v) is 5.56. The Kier molecular flexibility index (Phi) is 6.25. The van der Waals surface area contributed by atoms with Gasteiger partial charge in [0.2, 0.25) is 0 Å². The molecule has 0 atom stereocenters. The monoisotopic (exact) mass is 502 g/mol. The van der Waals surface area contributed by atoms with E-state index in [1.807, 2.05) is 24.3 Å². The molecule has 0 fully saturated rings. The maximum Gasteiger partial charge on any atom is 0.338 e. The van der Waals surface area contributed by atoms with Gasteiger partial charge in [-0.05, 0) is 42.5 Å². The van der Waals surface area contributed by atoms with E-state index in [1.54, 1.807) is 35.1 Å². The van der Waals surface area contributed by atoms with Crippen LogP contribution in [0, 0.1) is 5.82 Å². The number of methoxy groups -OCH3 is 1. The Hall–Kier alpha value is -2.90. The van der Waals surface area contributed by atoms with Gasteiger partial charge in [0.1, 0.15) is 18.2 Å². The van der Waals surface area contributed by atoms with Crippen LogP contribution in [-0.4, -0.2) is 22.9 Å². The molecule has 0 amide bonds. The summed E-state index contributed by atoms with van der Waals surface area (Å²) in [5, 5.41) is 5.48. The summed E-state index contributed by atoms with van der Waals surface area (Å²) < 4.78 is 27.5. The Morgan fingerprint density at radius 1 is 1.16 bits per heavy atom. The summed E-state index contributed by atoms with van der Waals surface area (Å²) in [6, 6.07) is 15.5. The van der Waals surface area contributed by atoms with Crippen LogP contribution in [0.2, 0.25) is 5.02 Å². The number of ether oxygens (including phenoxy) is 2. The molecule has 8 heteroatoms. The Morgan fingerprint density at radius 2 is 2.00 bits per heavy atom. The first-order chi connectivity index (χ1) is 15.0. The van der Waals surface area contributed by atoms with Crippen molar-refractivity contribution in [3.8, 4) is 5.75 Å². The fourth-order valence-corrected chi connectivity index (χ4v) is 3.85. The Bertz CT molecular complexity index is 1280. The number of hydrogen-bond donors (Lipinski definition) is 0. The van der Waals surface area contributed by atoms with Gasteiger partial charge in [0, 0.05) is 26.0 Å². The third-order valence-electron chi connectivity index (χ3n) is 4.83. The fourth-order valence-electron chi connectivity index (χ4n) is 3.29. The molecule has 158 valence electrons. The van der Waals surface area contributed by atoms with Crippen molar-refractivity contribution < 1.29 is 18.7 Å². The minimum Gasteiger partial charge on any atom is -0.488 e. The highest BCUT2D eigenvalue weighted by Crippen LogP contribution is 2.27. The maximum atomic E-state index is 14.1. The highest BCUT2D eigenvalue weighted by molar-refractivity contribution is 9.10. The van der Waals surface area contributed by atoms with Crippen LogP contribution in [0.5, 0.6) is 5.75 Å². The van der Waals surface area contributed by atoms with Crippen molar-refractivity contribution in [2.45, 2.75) is 13.2 Å². The molecule has 1 heterocycles. The van der Waals surface area contributed by atoms with Gasteiger partial charge in [0.05, 0.1) is 30.9 Å². The fraction of sp³-hybridized carbons (Fsp3) is 0.130. The van der Waals surface area contributed by atoms with E-state index in [9.17, 15) is 9.18 Å². The average Bonchev–Trinajstić information content (AvgIpc) is 3.16. The molecule has 4 aromatic rings. The van der Waals surface area contributed by atoms with Gasteiger partial charge in [0.15, 0.2) is 0 Å². The number of fused-ring (bicyclic) bond motifs is 1. The smallest absolute Gasteiger partial charge is 0.338 e. The Labute approximate surface area is 191 Å². The molecule has 0 aliphatic heterocycles. The van der Waals surface area contributed by atoms with E-state index in [2.05, 4.69) is 21.0 Å². The maximum absolute atomic E-state index is 14.1. The molecule has 5 nitrogen and oxygen atoms in total. The van der Waals surface area contributed by atoms with Crippen LogP contribution in [0.3, 0.4) is 0 Å². The van der Waals surface area contributed by atoms with Crippen molar-refractivity contribution in [1.29, 1.82) is 0 Å². The number of carbonyl (C=O) groups excluding carboxylic acids is 1. The first-order valence-corrected chi connectivity index (χ1v) is 10.5. The molecule has 0 bridgehead atoms. The zero-order valence-corrected chi connectivity index (χ0v) is 18.8. The van der Waals surface area contributed by atoms with E-state index in [1.165, 1.54) is 13.2 Å². The normalized spacial score (nSPS) is 11.0. The van der Waals surface area contributed by atoms with Gasteiger partial charge >= 0.3 is 5.97 Å². The summed E-state index contributed by atoms with van der Waals surface area (Å²) in [6.07, 6.45) is 1.64. The molecule has 0 spiro atoms. The van der Waals surface area contributed by atoms with Crippen molar-refractivity contribution in [3.63, 3.8) is 0 Å². The number of hydrogen-bond acceptors (Lipinski definition) is 4. The number of carbonyl (C=O) groups is 1. The van der Waals surface area contributed by atoms with E-state index in [0.29, 0.717) is 33.8 Å². The van der Waals surface area contributed by atoms with Gasteiger partial charge in [0.25, 0.3) is 0 Å². The second-order valence-electron chi connectivity index (χ2n) is 6.81. The van der Waals surface area contributed by atoms with Crippen molar-refractivity contribution in [3.05, 3.63) is 92.8 Å². The molecule has 1 aromatic heterocycles. The quantitative estimate of drug-likeness (QED) is 0.303. The van der Waals surface area contributed by atoms with Gasteiger partial charge in [-0.15, -0.1) is 0 Å². The molecule has 0 saturated heterocycles. The first-order valence-electron chi connectivity index (χ1n) is 9.34. The molecule has 0 unspecified atom stereocenters. The lowest BCUT2D eigenvalue weighted by Gasteiger charge is -2.13. The first kappa shape index (κ1) is 21.3. The summed E-state index contributed by atoms with van der Waals surface area (Å²) in [5.74, 6) is -0.230. The summed E-state index contributed by atoms with van der Waals surface area (Å²) in [6.45, 7) is 0.454. The van der Waals surface area contributed by atoms with Gasteiger partial charge < -0.3 is 9.47 Å². The molecule has 0 N–H and O–H groups in total. The number of nitrogens with zero attached hydrogens (tertiary/aromatic N) is 2. The Morgan fingerprint density at radius 3 is 2.77 bits per heavy atom. The molecule has 4 rings (SSSR count). The topological polar surface area (TPSA) is 53.3 Å². The van der Waals surface area contributed by atoms with Gasteiger partial charge in [-0.3, -0.25) is 4.68 Å². The van der Waals surface area contributed by atoms with Crippen LogP contribution in [-0.2, 0) is 17.9 Å². The van der Waals surface area contributed by atoms with Crippen LogP contribution >= 0.6 is 27.5 Å². The van der Waals surface area contributed by atoms with Crippen LogP contribution < -0.4 is 4.74 Å². The SMILES string of the molecule is COC(=O)c1cccc2c1cnn2Cc1cc(Br)ccc1OCc1ccc(Cl)cc1F. The summed E-state index contributed by atoms with van der Waals surface area (Å²) in [7, 11) is 1.35. The minimum atomic E-state index is -0.417. The Balaban J connectivity index is 1.63. The van der Waals surface area contributed by atoms with E-state index in [0.717, 1.165) is 15.6 Å². The highest BCUT2D eigenvalue weighted by atomic mass is 79.9. The molecule has 0 saturated carbocycles. The predicted molar refractivity (Wildman–Crippen MR) is 120 cm³/mol. The molecule has 31 heavy (non-hydrogen) atoms. The summed E-state index contributed by atoms with van der Waals surface area (Å²) in [4.78, 5) is 12.0. The molecular weight excluding hydrogens is 487 g/mol. The number of aromatic nitrogens is 2. The highest BCUT2D eigenvalue weighted by Gasteiger charge is 2.15. The van der Waals surface area contributed by atoms with Crippen LogP contribution in [0.4, 0.5) is 4.39 Å². The van der Waals surface area contributed by atoms with E-state index < -0.39 is 11.8 Å². The number of halogens is 3. The molecule has 3 aromatic carbocycles. The summed E-state index contributed by atoms with van der Waals surface area (Å²) in [5.41, 5.74) is 2.50. The molecule has 0 radical (unpaired) electrons. The predicted octanol–water partition coefficient (Wildman–Crippen LogP) is 6.01. The van der Waals surface area contributed by atoms with Crippen molar-refractivity contribution in [1.82, 2.24) is 9.78 Å². The van der Waals surface area contributed by atoms with Crippen molar-refractivity contribution in [2.75, 3.05) is 7.11 Å². The van der Waals surface area contributed by atoms with Crippen LogP contribution in [0.1, 0.15) is 21.5 Å². The standard InChI is InChI=1S/C23H17BrClFN2O3/c1-30-23(29)18-3-2-4-21-19(18)11-27-28(21)12-15-9-16(24)6-8-22(15)31-13-14-5-7-17(25)10-20(14)26/h2-11H,12-13H2,1H3. The zero-order chi connectivity index (χ0) is 22.0. The van der Waals surface area contributed by atoms with Gasteiger partial charge in [-0.2, -0.15) is 5.10 Å². The number of rotatable bonds is 6. The van der Waals surface area contributed by atoms with Crippen LogP contribution in [0.15, 0.2) is 65.3 Å². The number of esters is 1. The van der Waals surface area contributed by atoms with Gasteiger partial charge in [-0.1, -0.05) is 39.7 Å². The van der Waals surface area contributed by atoms with Crippen molar-refractivity contribution in [2.24, 2.45) is 0 Å². The lowest BCUT2D eigenvalue weighted by atomic mass is 10.1. The third kappa shape index (κ3) is 4.57. The van der Waals surface area contributed by atoms with E-state index >= 15 is 0 Å². The van der Waals surface area contributed by atoms with Crippen molar-refractivity contribution >= 4 is 44.4 Å². The van der Waals surface area contributed by atoms with Gasteiger partial charge in [-0.25, -0.2) is 9.18 Å². The lowest BCUT2D eigenvalue weighted by molar-refractivity contribution is 0.0603. The average molecular weight is 504 g/mol.